The second-order valence-corrected chi connectivity index (χ2v) is 5.14. The highest BCUT2D eigenvalue weighted by atomic mass is 16.5. The fourth-order valence-electron chi connectivity index (χ4n) is 3.16. The predicted molar refractivity (Wildman–Crippen MR) is 74.2 cm³/mol. The van der Waals surface area contributed by atoms with E-state index in [2.05, 4.69) is 0 Å². The molecule has 0 atom stereocenters. The molecule has 0 bridgehead atoms. The maximum atomic E-state index is 9.49. The molecule has 0 aliphatic heterocycles. The van der Waals surface area contributed by atoms with Gasteiger partial charge in [-0.3, -0.25) is 0 Å². The summed E-state index contributed by atoms with van der Waals surface area (Å²) in [7, 11) is 2.92. The van der Waals surface area contributed by atoms with Gasteiger partial charge >= 0.3 is 0 Å². The van der Waals surface area contributed by atoms with Crippen molar-refractivity contribution in [1.29, 1.82) is 21.0 Å². The van der Waals surface area contributed by atoms with Crippen molar-refractivity contribution in [1.82, 2.24) is 0 Å². The molecule has 0 aromatic heterocycles. The molecule has 0 unspecified atom stereocenters. The van der Waals surface area contributed by atoms with Gasteiger partial charge in [-0.25, -0.2) is 0 Å². The summed E-state index contributed by atoms with van der Waals surface area (Å²) in [6.45, 7) is 1.56. The molecular formula is C16H12N4O2. The van der Waals surface area contributed by atoms with E-state index in [-0.39, 0.29) is 0 Å². The van der Waals surface area contributed by atoms with E-state index in [1.807, 2.05) is 24.3 Å². The molecule has 1 aliphatic rings. The Balaban J connectivity index is 2.83. The number of hydrogen-bond donors (Lipinski definition) is 0. The van der Waals surface area contributed by atoms with Crippen molar-refractivity contribution in [2.45, 2.75) is 12.3 Å². The number of hydrogen-bond acceptors (Lipinski definition) is 6. The van der Waals surface area contributed by atoms with Gasteiger partial charge in [-0.1, -0.05) is 6.92 Å². The van der Waals surface area contributed by atoms with Gasteiger partial charge in [0, 0.05) is 5.56 Å². The molecule has 2 rings (SSSR count). The lowest BCUT2D eigenvalue weighted by atomic mass is 9.87. The second-order valence-electron chi connectivity index (χ2n) is 5.14. The predicted octanol–water partition coefficient (Wildman–Crippen LogP) is 2.04. The molecule has 22 heavy (non-hydrogen) atoms. The molecule has 0 amide bonds. The zero-order valence-electron chi connectivity index (χ0n) is 12.3. The van der Waals surface area contributed by atoms with Crippen molar-refractivity contribution in [2.24, 2.45) is 10.8 Å². The highest BCUT2D eigenvalue weighted by molar-refractivity contribution is 5.67. The van der Waals surface area contributed by atoms with Crippen molar-refractivity contribution < 1.29 is 9.47 Å². The molecule has 1 aliphatic carbocycles. The largest absolute Gasteiger partial charge is 0.497 e. The Hall–Kier alpha value is -3.22. The van der Waals surface area contributed by atoms with E-state index >= 15 is 0 Å². The van der Waals surface area contributed by atoms with Crippen LogP contribution in [0.4, 0.5) is 0 Å². The third kappa shape index (κ3) is 1.30. The van der Waals surface area contributed by atoms with E-state index in [0.717, 1.165) is 0 Å². The second kappa shape index (κ2) is 4.66. The molecule has 0 spiro atoms. The fraction of sp³-hybridized carbons (Fsp3) is 0.375. The summed E-state index contributed by atoms with van der Waals surface area (Å²) < 4.78 is 10.4. The average molecular weight is 292 g/mol. The van der Waals surface area contributed by atoms with Gasteiger partial charge in [0.05, 0.1) is 43.9 Å². The van der Waals surface area contributed by atoms with Crippen LogP contribution in [0.15, 0.2) is 18.2 Å². The molecule has 1 aromatic carbocycles. The van der Waals surface area contributed by atoms with E-state index in [9.17, 15) is 21.0 Å². The highest BCUT2D eigenvalue weighted by Gasteiger charge is 2.90. The van der Waals surface area contributed by atoms with Gasteiger partial charge in [-0.2, -0.15) is 21.0 Å². The SMILES string of the molecule is COc1ccc(OC)c(C2(C)C(C#N)(C#N)C2(C#N)C#N)c1. The van der Waals surface area contributed by atoms with Gasteiger partial charge in [0.15, 0.2) is 10.8 Å². The van der Waals surface area contributed by atoms with Crippen LogP contribution in [-0.4, -0.2) is 14.2 Å². The molecule has 0 N–H and O–H groups in total. The maximum absolute atomic E-state index is 9.49. The summed E-state index contributed by atoms with van der Waals surface area (Å²) in [5.74, 6) is 0.879. The quantitative estimate of drug-likeness (QED) is 0.842. The first kappa shape index (κ1) is 15.2. The molecule has 1 fully saturated rings. The highest BCUT2D eigenvalue weighted by Crippen LogP contribution is 2.78. The van der Waals surface area contributed by atoms with E-state index in [1.165, 1.54) is 14.2 Å². The van der Waals surface area contributed by atoms with Gasteiger partial charge in [0.1, 0.15) is 11.5 Å². The molecule has 6 nitrogen and oxygen atoms in total. The van der Waals surface area contributed by atoms with Gasteiger partial charge in [0.2, 0.25) is 0 Å². The van der Waals surface area contributed by atoms with Crippen molar-refractivity contribution in [3.05, 3.63) is 23.8 Å². The van der Waals surface area contributed by atoms with Gasteiger partial charge < -0.3 is 9.47 Å². The molecule has 1 aromatic rings. The van der Waals surface area contributed by atoms with Crippen molar-refractivity contribution in [3.63, 3.8) is 0 Å². The van der Waals surface area contributed by atoms with Crippen LogP contribution in [0.5, 0.6) is 11.5 Å². The minimum absolute atomic E-state index is 0.394. The van der Waals surface area contributed by atoms with Gasteiger partial charge in [0.25, 0.3) is 0 Å². The Morgan fingerprint density at radius 2 is 1.36 bits per heavy atom. The molecule has 108 valence electrons. The minimum atomic E-state index is -1.76. The lowest BCUT2D eigenvalue weighted by molar-refractivity contribution is 0.391. The Labute approximate surface area is 128 Å². The number of rotatable bonds is 3. The number of methoxy groups -OCH3 is 2. The molecular weight excluding hydrogens is 280 g/mol. The first-order valence-corrected chi connectivity index (χ1v) is 6.36. The minimum Gasteiger partial charge on any atom is -0.497 e. The Morgan fingerprint density at radius 3 is 1.73 bits per heavy atom. The van der Waals surface area contributed by atoms with Crippen LogP contribution in [-0.2, 0) is 5.41 Å². The third-order valence-electron chi connectivity index (χ3n) is 4.62. The average Bonchev–Trinajstić information content (AvgIpc) is 3.07. The zero-order chi connectivity index (χ0) is 16.6. The fourth-order valence-corrected chi connectivity index (χ4v) is 3.16. The summed E-state index contributed by atoms with van der Waals surface area (Å²) in [5.41, 5.74) is -4.39. The van der Waals surface area contributed by atoms with Gasteiger partial charge in [-0.05, 0) is 18.2 Å². The zero-order valence-corrected chi connectivity index (χ0v) is 12.3. The molecule has 0 radical (unpaired) electrons. The summed E-state index contributed by atoms with van der Waals surface area (Å²) in [6, 6.07) is 12.4. The van der Waals surface area contributed by atoms with Crippen LogP contribution in [0.3, 0.4) is 0 Å². The number of benzene rings is 1. The Morgan fingerprint density at radius 1 is 0.864 bits per heavy atom. The van der Waals surface area contributed by atoms with E-state index in [4.69, 9.17) is 9.47 Å². The van der Waals surface area contributed by atoms with Crippen molar-refractivity contribution in [3.8, 4) is 35.8 Å². The first-order valence-electron chi connectivity index (χ1n) is 6.36. The number of nitrogens with zero attached hydrogens (tertiary/aromatic N) is 4. The normalized spacial score (nSPS) is 18.7. The van der Waals surface area contributed by atoms with Crippen molar-refractivity contribution >= 4 is 0 Å². The van der Waals surface area contributed by atoms with Gasteiger partial charge in [-0.15, -0.1) is 0 Å². The Bertz CT molecular complexity index is 735. The lowest BCUT2D eigenvalue weighted by Crippen LogP contribution is -2.15. The number of ether oxygens (including phenoxy) is 2. The van der Waals surface area contributed by atoms with Crippen LogP contribution >= 0.6 is 0 Å². The molecule has 6 heteroatoms. The number of nitriles is 4. The molecule has 0 heterocycles. The lowest BCUT2D eigenvalue weighted by Gasteiger charge is -2.17. The van der Waals surface area contributed by atoms with E-state index in [1.54, 1.807) is 25.1 Å². The van der Waals surface area contributed by atoms with E-state index in [0.29, 0.717) is 17.1 Å². The molecule has 0 saturated heterocycles. The smallest absolute Gasteiger partial charge is 0.188 e. The Kier molecular flexibility index (Phi) is 3.21. The first-order chi connectivity index (χ1) is 10.5. The monoisotopic (exact) mass is 292 g/mol. The van der Waals surface area contributed by atoms with Crippen LogP contribution in [0.25, 0.3) is 0 Å². The standard InChI is InChI=1S/C16H12N4O2/c1-14(12-6-11(21-2)4-5-13(12)22-3)15(7-17,8-18)16(14,9-19)10-20/h4-6H,1-3H3. The summed E-state index contributed by atoms with van der Waals surface area (Å²) >= 11 is 0. The van der Waals surface area contributed by atoms with Crippen LogP contribution in [0, 0.1) is 56.2 Å². The topological polar surface area (TPSA) is 114 Å². The van der Waals surface area contributed by atoms with Crippen LogP contribution in [0.2, 0.25) is 0 Å². The summed E-state index contributed by atoms with van der Waals surface area (Å²) in [5, 5.41) is 38.0. The summed E-state index contributed by atoms with van der Waals surface area (Å²) in [6.07, 6.45) is 0. The third-order valence-corrected chi connectivity index (χ3v) is 4.62. The summed E-state index contributed by atoms with van der Waals surface area (Å²) in [4.78, 5) is 0. The van der Waals surface area contributed by atoms with Crippen LogP contribution in [0.1, 0.15) is 12.5 Å². The van der Waals surface area contributed by atoms with E-state index < -0.39 is 16.2 Å². The maximum Gasteiger partial charge on any atom is 0.188 e. The molecule has 1 saturated carbocycles. The van der Waals surface area contributed by atoms with Crippen LogP contribution < -0.4 is 9.47 Å². The van der Waals surface area contributed by atoms with Crippen molar-refractivity contribution in [2.75, 3.05) is 14.2 Å².